The molecular weight excluding hydrogens is 1330 g/mol. The van der Waals surface area contributed by atoms with Crippen molar-refractivity contribution in [2.45, 2.75) is 601 Å². The molecular formula is C96H190O11. The number of hydrogen-bond donors (Lipinski definition) is 8. The Morgan fingerprint density at radius 3 is 0.757 bits per heavy atom. The van der Waals surface area contributed by atoms with Crippen molar-refractivity contribution < 1.29 is 55.1 Å². The summed E-state index contributed by atoms with van der Waals surface area (Å²) in [7, 11) is 0. The van der Waals surface area contributed by atoms with Gasteiger partial charge in [-0.25, -0.2) is 0 Å². The number of unbranched alkanes of at least 4 members (excludes halogenated alkanes) is 63. The molecule has 11 nitrogen and oxygen atoms in total. The van der Waals surface area contributed by atoms with E-state index >= 15 is 20.4 Å². The van der Waals surface area contributed by atoms with Crippen LogP contribution in [0, 0.1) is 0 Å². The largest absolute Gasteiger partial charge is 0.394 e. The lowest BCUT2D eigenvalue weighted by molar-refractivity contribution is -0.524. The van der Waals surface area contributed by atoms with Crippen LogP contribution in [0.1, 0.15) is 543 Å². The van der Waals surface area contributed by atoms with Gasteiger partial charge in [-0.2, -0.15) is 0 Å². The van der Waals surface area contributed by atoms with Crippen LogP contribution in [-0.4, -0.2) is 112 Å². The van der Waals surface area contributed by atoms with Gasteiger partial charge < -0.3 is 55.1 Å². The van der Waals surface area contributed by atoms with Gasteiger partial charge in [-0.15, -0.1) is 0 Å². The van der Waals surface area contributed by atoms with Gasteiger partial charge >= 0.3 is 0 Å². The molecule has 0 aromatic heterocycles. The van der Waals surface area contributed by atoms with Crippen LogP contribution in [0.2, 0.25) is 0 Å². The van der Waals surface area contributed by atoms with E-state index in [-0.39, 0.29) is 32.1 Å². The molecule has 2 rings (SSSR count). The number of aliphatic hydroxyl groups excluding tert-OH is 4. The Kier molecular flexibility index (Phi) is 63.0. The zero-order valence-corrected chi connectivity index (χ0v) is 72.9. The van der Waals surface area contributed by atoms with Gasteiger partial charge in [0.1, 0.15) is 47.3 Å². The third-order valence-electron chi connectivity index (χ3n) is 26.3. The maximum Gasteiger partial charge on any atom is 0.224 e. The topological polar surface area (TPSA) is 190 Å². The fraction of sp³-hybridized carbons (Fsp3) is 1.00. The van der Waals surface area contributed by atoms with E-state index in [9.17, 15) is 20.4 Å². The van der Waals surface area contributed by atoms with Crippen molar-refractivity contribution in [1.29, 1.82) is 0 Å². The molecule has 2 saturated heterocycles. The highest BCUT2D eigenvalue weighted by Gasteiger charge is 2.84. The fourth-order valence-electron chi connectivity index (χ4n) is 19.2. The van der Waals surface area contributed by atoms with E-state index in [1.807, 2.05) is 0 Å². The normalized spacial score (nSPS) is 24.1. The molecule has 0 aromatic carbocycles. The van der Waals surface area contributed by atoms with Crippen molar-refractivity contribution in [3.63, 3.8) is 0 Å². The minimum Gasteiger partial charge on any atom is -0.394 e. The third kappa shape index (κ3) is 38.5. The molecule has 0 saturated carbocycles. The smallest absolute Gasteiger partial charge is 0.224 e. The van der Waals surface area contributed by atoms with E-state index < -0.39 is 71.1 Å². The minimum atomic E-state index is -2.44. The van der Waals surface area contributed by atoms with Crippen LogP contribution in [0.5, 0.6) is 0 Å². The summed E-state index contributed by atoms with van der Waals surface area (Å²) in [6, 6.07) is 0. The zero-order chi connectivity index (χ0) is 78.2. The van der Waals surface area contributed by atoms with Crippen LogP contribution in [-0.2, 0) is 14.2 Å². The van der Waals surface area contributed by atoms with Crippen molar-refractivity contribution in [1.82, 2.24) is 0 Å². The highest BCUT2D eigenvalue weighted by molar-refractivity contribution is 5.31. The van der Waals surface area contributed by atoms with Crippen LogP contribution in [0.4, 0.5) is 0 Å². The number of rotatable bonds is 82. The van der Waals surface area contributed by atoms with E-state index in [1.54, 1.807) is 0 Å². The summed E-state index contributed by atoms with van der Waals surface area (Å²) in [6.45, 7) is 14.3. The van der Waals surface area contributed by atoms with E-state index in [2.05, 4.69) is 48.5 Å². The molecule has 107 heavy (non-hydrogen) atoms. The van der Waals surface area contributed by atoms with Crippen LogP contribution < -0.4 is 0 Å². The molecule has 2 aliphatic heterocycles. The molecule has 0 aromatic rings. The third-order valence-corrected chi connectivity index (χ3v) is 26.3. The molecule has 0 amide bonds. The summed E-state index contributed by atoms with van der Waals surface area (Å²) < 4.78 is 22.9. The molecule has 2 aliphatic rings. The van der Waals surface area contributed by atoms with Crippen LogP contribution in [0.3, 0.4) is 0 Å². The van der Waals surface area contributed by atoms with Gasteiger partial charge in [0, 0.05) is 6.42 Å². The lowest BCUT2D eigenvalue weighted by Gasteiger charge is -2.73. The summed E-state index contributed by atoms with van der Waals surface area (Å²) in [5, 5.41) is 110. The average Bonchev–Trinajstić information content (AvgIpc) is 1.00. The predicted octanol–water partition coefficient (Wildman–Crippen LogP) is 27.4. The highest BCUT2D eigenvalue weighted by Crippen LogP contribution is 2.66. The summed E-state index contributed by atoms with van der Waals surface area (Å²) in [4.78, 5) is 0. The maximum atomic E-state index is 15.8. The highest BCUT2D eigenvalue weighted by atomic mass is 16.8. The molecule has 8 N–H and O–H groups in total. The minimum absolute atomic E-state index is 0.0104. The average molecular weight is 1520 g/mol. The van der Waals surface area contributed by atoms with E-state index in [4.69, 9.17) is 14.2 Å². The molecule has 0 radical (unpaired) electrons. The van der Waals surface area contributed by atoms with Gasteiger partial charge in [0.15, 0.2) is 0 Å². The first-order valence-corrected chi connectivity index (χ1v) is 48.7. The van der Waals surface area contributed by atoms with Crippen LogP contribution in [0.15, 0.2) is 0 Å². The van der Waals surface area contributed by atoms with E-state index in [1.165, 1.54) is 238 Å². The second-order valence-electron chi connectivity index (χ2n) is 35.7. The second kappa shape index (κ2) is 65.7. The number of ether oxygens (including phenoxy) is 3. The fourth-order valence-corrected chi connectivity index (χ4v) is 19.2. The van der Waals surface area contributed by atoms with Crippen molar-refractivity contribution >= 4 is 0 Å². The van der Waals surface area contributed by atoms with Gasteiger partial charge in [0.05, 0.1) is 12.2 Å². The quantitative estimate of drug-likeness (QED) is 0.0271. The summed E-state index contributed by atoms with van der Waals surface area (Å²) in [5.41, 5.74) is -10.8. The Hall–Kier alpha value is -0.440. The standard InChI is InChI=1S/C96H190O11/c1-8-15-22-29-36-43-50-57-64-71-78-90(101,79-72-65-58-51-44-37-30-23-16-9-2)95(83-76-69-62-55-48-41-34-27-20-13-6)93(103,81-74-67-60-53-46-39-32-25-18-11-4)92(102,80-73-66-59-52-45-38-31-24-17-10-3)94(104,82-75-68-61-54-47-40-33-26-19-12-5)96(107-95,84-77-70-63-56-49-42-35-28-21-14-7)106-91(86-98)89(100)88(99)87(85-97)105-91/h87-89,97-104H,8-86H2,1-7H3/t87-,88-,89+,91?,92+,93+,94-,95-,96-/m1/s1. The van der Waals surface area contributed by atoms with Gasteiger partial charge in [0.25, 0.3) is 0 Å². The molecule has 0 bridgehead atoms. The molecule has 640 valence electrons. The van der Waals surface area contributed by atoms with Crippen molar-refractivity contribution in [2.75, 3.05) is 13.2 Å². The number of aliphatic hydroxyl groups is 8. The molecule has 11 heteroatoms. The number of hydrogen-bond acceptors (Lipinski definition) is 11. The molecule has 1 unspecified atom stereocenters. The first-order valence-electron chi connectivity index (χ1n) is 48.7. The first-order chi connectivity index (χ1) is 52.1. The lowest BCUT2D eigenvalue weighted by atomic mass is 9.48. The van der Waals surface area contributed by atoms with Crippen molar-refractivity contribution in [3.05, 3.63) is 0 Å². The van der Waals surface area contributed by atoms with Gasteiger partial charge in [-0.05, 0) is 44.9 Å². The summed E-state index contributed by atoms with van der Waals surface area (Å²) in [6.07, 6.45) is 71.8. The van der Waals surface area contributed by atoms with E-state index in [0.29, 0.717) is 57.8 Å². The molecule has 9 atom stereocenters. The van der Waals surface area contributed by atoms with E-state index in [0.717, 1.165) is 167 Å². The van der Waals surface area contributed by atoms with Crippen LogP contribution in [0.25, 0.3) is 0 Å². The van der Waals surface area contributed by atoms with Crippen molar-refractivity contribution in [2.24, 2.45) is 0 Å². The zero-order valence-electron chi connectivity index (χ0n) is 72.9. The Bertz CT molecular complexity index is 1900. The lowest BCUT2D eigenvalue weighted by Crippen LogP contribution is -2.91. The Morgan fingerprint density at radius 2 is 0.505 bits per heavy atom. The second-order valence-corrected chi connectivity index (χ2v) is 35.7. The molecule has 2 heterocycles. The van der Waals surface area contributed by atoms with Gasteiger partial charge in [-0.3, -0.25) is 0 Å². The Labute approximate surface area is 665 Å². The van der Waals surface area contributed by atoms with Crippen LogP contribution >= 0.6 is 0 Å². The van der Waals surface area contributed by atoms with Gasteiger partial charge in [-0.1, -0.05) is 492 Å². The first kappa shape index (κ1) is 103. The monoisotopic (exact) mass is 1520 g/mol. The Balaban J connectivity index is 3.36. The molecule has 2 fully saturated rings. The Morgan fingerprint density at radius 1 is 0.280 bits per heavy atom. The predicted molar refractivity (Wildman–Crippen MR) is 456 cm³/mol. The molecule has 0 aliphatic carbocycles. The van der Waals surface area contributed by atoms with Gasteiger partial charge in [0.2, 0.25) is 11.6 Å². The molecule has 0 spiro atoms. The maximum absolute atomic E-state index is 15.8. The summed E-state index contributed by atoms with van der Waals surface area (Å²) in [5.74, 6) is -4.77. The summed E-state index contributed by atoms with van der Waals surface area (Å²) >= 11 is 0. The van der Waals surface area contributed by atoms with Crippen molar-refractivity contribution in [3.8, 4) is 0 Å². The SMILES string of the molecule is CCCCCCCCCCCCC(O)(CCCCCCCCCCCC)[C@@]1(CCCCCCCCCCCC)O[C@@](CCCCCCCCCCCC)(OC2(CO)O[C@H](CO)[C@@H](O)[C@@H]2O)[C@@](O)(CCCCCCCCCCCC)[C@](O)(CCCCCCCCCCCC)[C@@]1(O)CCCCCCCCCCCC.